The molecule has 0 saturated carbocycles. The van der Waals surface area contributed by atoms with Gasteiger partial charge in [0, 0.05) is 32.1 Å². The Morgan fingerprint density at radius 3 is 2.48 bits per heavy atom. The standard InChI is InChI=1S/C17H19N3O5/c1-11-4-2-3-5-13(11)25-17(15(22)23)6-8-20(9-7-17)14(21)12-10-18-16(24)19-12/h2-5,10H,6-9H2,1H3,(H,22,23)(H2,18,19,24). The Labute approximate surface area is 143 Å². The Morgan fingerprint density at radius 1 is 1.24 bits per heavy atom. The summed E-state index contributed by atoms with van der Waals surface area (Å²) < 4.78 is 5.87. The number of H-pyrrole nitrogens is 2. The average Bonchev–Trinajstić information content (AvgIpc) is 3.03. The van der Waals surface area contributed by atoms with Crippen molar-refractivity contribution in [3.63, 3.8) is 0 Å². The maximum atomic E-state index is 12.4. The molecule has 2 heterocycles. The molecule has 1 aliphatic rings. The van der Waals surface area contributed by atoms with Crippen molar-refractivity contribution < 1.29 is 19.4 Å². The second kappa shape index (κ2) is 6.46. The molecule has 1 aliphatic heterocycles. The number of amides is 1. The Hall–Kier alpha value is -3.03. The highest BCUT2D eigenvalue weighted by atomic mass is 16.5. The van der Waals surface area contributed by atoms with Crippen LogP contribution in [0.5, 0.6) is 5.75 Å². The van der Waals surface area contributed by atoms with Gasteiger partial charge in [0.1, 0.15) is 11.4 Å². The smallest absolute Gasteiger partial charge is 0.348 e. The number of imidazole rings is 1. The number of aryl methyl sites for hydroxylation is 1. The lowest BCUT2D eigenvalue weighted by atomic mass is 9.90. The first-order valence-corrected chi connectivity index (χ1v) is 7.96. The fourth-order valence-corrected chi connectivity index (χ4v) is 2.93. The van der Waals surface area contributed by atoms with Crippen LogP contribution in [0.15, 0.2) is 35.3 Å². The van der Waals surface area contributed by atoms with Crippen LogP contribution < -0.4 is 10.4 Å². The molecule has 8 heteroatoms. The summed E-state index contributed by atoms with van der Waals surface area (Å²) >= 11 is 0. The number of aliphatic carboxylic acids is 1. The van der Waals surface area contributed by atoms with Gasteiger partial charge in [0.15, 0.2) is 0 Å². The molecule has 0 spiro atoms. The number of carbonyl (C=O) groups excluding carboxylic acids is 1. The van der Waals surface area contributed by atoms with Gasteiger partial charge in [-0.15, -0.1) is 0 Å². The zero-order valence-electron chi connectivity index (χ0n) is 13.7. The van der Waals surface area contributed by atoms with Crippen molar-refractivity contribution in [1.82, 2.24) is 14.9 Å². The van der Waals surface area contributed by atoms with Crippen LogP contribution in [0.3, 0.4) is 0 Å². The van der Waals surface area contributed by atoms with Crippen molar-refractivity contribution in [2.75, 3.05) is 13.1 Å². The maximum Gasteiger partial charge on any atom is 0.348 e. The van der Waals surface area contributed by atoms with Crippen LogP contribution in [0.25, 0.3) is 0 Å². The zero-order chi connectivity index (χ0) is 18.0. The van der Waals surface area contributed by atoms with Crippen molar-refractivity contribution in [3.05, 3.63) is 52.2 Å². The molecule has 1 aromatic carbocycles. The summed E-state index contributed by atoms with van der Waals surface area (Å²) in [5, 5.41) is 9.71. The largest absolute Gasteiger partial charge is 0.478 e. The van der Waals surface area contributed by atoms with Crippen LogP contribution in [-0.2, 0) is 4.79 Å². The lowest BCUT2D eigenvalue weighted by Crippen LogP contribution is -2.54. The van der Waals surface area contributed by atoms with E-state index in [0.29, 0.717) is 5.75 Å². The number of hydrogen-bond donors (Lipinski definition) is 3. The molecule has 0 radical (unpaired) electrons. The number of aromatic amines is 2. The summed E-state index contributed by atoms with van der Waals surface area (Å²) in [4.78, 5) is 41.7. The van der Waals surface area contributed by atoms with Crippen molar-refractivity contribution in [3.8, 4) is 5.75 Å². The number of nitrogens with zero attached hydrogens (tertiary/aromatic N) is 1. The first kappa shape index (κ1) is 16.8. The SMILES string of the molecule is Cc1ccccc1OC1(C(=O)O)CCN(C(=O)c2c[nH]c(=O)[nH]2)CC1. The lowest BCUT2D eigenvalue weighted by molar-refractivity contribution is -0.159. The molecule has 8 nitrogen and oxygen atoms in total. The van der Waals surface area contributed by atoms with Crippen LogP contribution >= 0.6 is 0 Å². The van der Waals surface area contributed by atoms with Crippen molar-refractivity contribution in [1.29, 1.82) is 0 Å². The summed E-state index contributed by atoms with van der Waals surface area (Å²) in [7, 11) is 0. The number of nitrogens with one attached hydrogen (secondary N) is 2. The number of benzene rings is 1. The van der Waals surface area contributed by atoms with Crippen molar-refractivity contribution in [2.45, 2.75) is 25.4 Å². The van der Waals surface area contributed by atoms with Gasteiger partial charge >= 0.3 is 11.7 Å². The zero-order valence-corrected chi connectivity index (χ0v) is 13.7. The molecule has 0 bridgehead atoms. The minimum atomic E-state index is -1.37. The van der Waals surface area contributed by atoms with E-state index in [1.165, 1.54) is 11.1 Å². The van der Waals surface area contributed by atoms with E-state index in [2.05, 4.69) is 9.97 Å². The highest BCUT2D eigenvalue weighted by Gasteiger charge is 2.45. The number of hydrogen-bond acceptors (Lipinski definition) is 4. The quantitative estimate of drug-likeness (QED) is 0.769. The molecule has 3 rings (SSSR count). The van der Waals surface area contributed by atoms with E-state index in [-0.39, 0.29) is 37.5 Å². The summed E-state index contributed by atoms with van der Waals surface area (Å²) in [6.45, 7) is 2.31. The molecular formula is C17H19N3O5. The number of para-hydroxylation sites is 1. The van der Waals surface area contributed by atoms with Gasteiger partial charge in [0.2, 0.25) is 5.60 Å². The fourth-order valence-electron chi connectivity index (χ4n) is 2.93. The number of aromatic nitrogens is 2. The third-order valence-corrected chi connectivity index (χ3v) is 4.47. The van der Waals surface area contributed by atoms with Crippen LogP contribution in [-0.4, -0.2) is 50.5 Å². The van der Waals surface area contributed by atoms with Crippen LogP contribution in [0.1, 0.15) is 28.9 Å². The number of carbonyl (C=O) groups is 2. The van der Waals surface area contributed by atoms with Gasteiger partial charge in [-0.1, -0.05) is 18.2 Å². The monoisotopic (exact) mass is 345 g/mol. The number of ether oxygens (including phenoxy) is 1. The van der Waals surface area contributed by atoms with Gasteiger partial charge in [-0.25, -0.2) is 9.59 Å². The average molecular weight is 345 g/mol. The lowest BCUT2D eigenvalue weighted by Gasteiger charge is -2.39. The molecule has 132 valence electrons. The predicted octanol–water partition coefficient (Wildman–Crippen LogP) is 1.15. The number of likely N-dealkylation sites (tertiary alicyclic amines) is 1. The van der Waals surface area contributed by atoms with Gasteiger partial charge in [0.05, 0.1) is 0 Å². The third-order valence-electron chi connectivity index (χ3n) is 4.47. The van der Waals surface area contributed by atoms with E-state index in [1.54, 1.807) is 12.1 Å². The Morgan fingerprint density at radius 2 is 1.92 bits per heavy atom. The minimum Gasteiger partial charge on any atom is -0.478 e. The van der Waals surface area contributed by atoms with E-state index in [9.17, 15) is 19.5 Å². The van der Waals surface area contributed by atoms with Gasteiger partial charge < -0.3 is 24.7 Å². The number of rotatable bonds is 4. The molecule has 2 aromatic rings. The number of carboxylic acid groups (broad SMARTS) is 1. The molecule has 0 aliphatic carbocycles. The Balaban J connectivity index is 1.74. The van der Waals surface area contributed by atoms with E-state index < -0.39 is 17.3 Å². The second-order valence-corrected chi connectivity index (χ2v) is 6.12. The molecule has 1 amide bonds. The maximum absolute atomic E-state index is 12.4. The highest BCUT2D eigenvalue weighted by Crippen LogP contribution is 2.31. The topological polar surface area (TPSA) is 115 Å². The molecule has 25 heavy (non-hydrogen) atoms. The summed E-state index contributed by atoms with van der Waals surface area (Å²) in [5.74, 6) is -0.856. The molecule has 1 fully saturated rings. The summed E-state index contributed by atoms with van der Waals surface area (Å²) in [6.07, 6.45) is 1.64. The number of carboxylic acids is 1. The van der Waals surface area contributed by atoms with Crippen LogP contribution in [0.2, 0.25) is 0 Å². The van der Waals surface area contributed by atoms with E-state index >= 15 is 0 Å². The molecule has 1 saturated heterocycles. The molecular weight excluding hydrogens is 326 g/mol. The Bertz CT molecular complexity index is 846. The third kappa shape index (κ3) is 3.28. The van der Waals surface area contributed by atoms with Gasteiger partial charge in [-0.2, -0.15) is 0 Å². The van der Waals surface area contributed by atoms with Crippen molar-refractivity contribution in [2.24, 2.45) is 0 Å². The molecule has 1 aromatic heterocycles. The van der Waals surface area contributed by atoms with Gasteiger partial charge in [0.25, 0.3) is 5.91 Å². The first-order valence-electron chi connectivity index (χ1n) is 7.96. The van der Waals surface area contributed by atoms with Gasteiger partial charge in [-0.3, -0.25) is 4.79 Å². The molecule has 0 atom stereocenters. The van der Waals surface area contributed by atoms with E-state index in [4.69, 9.17) is 4.74 Å². The predicted molar refractivity (Wildman–Crippen MR) is 88.7 cm³/mol. The minimum absolute atomic E-state index is 0.160. The number of piperidine rings is 1. The van der Waals surface area contributed by atoms with E-state index in [0.717, 1.165) is 5.56 Å². The second-order valence-electron chi connectivity index (χ2n) is 6.12. The normalized spacial score (nSPS) is 16.4. The Kier molecular flexibility index (Phi) is 4.35. The highest BCUT2D eigenvalue weighted by molar-refractivity contribution is 5.92. The van der Waals surface area contributed by atoms with Crippen LogP contribution in [0.4, 0.5) is 0 Å². The fraction of sp³-hybridized carbons (Fsp3) is 0.353. The summed E-state index contributed by atoms with van der Waals surface area (Å²) in [6, 6.07) is 7.24. The molecule has 0 unspecified atom stereocenters. The molecule has 3 N–H and O–H groups in total. The van der Waals surface area contributed by atoms with Gasteiger partial charge in [-0.05, 0) is 18.6 Å². The summed E-state index contributed by atoms with van der Waals surface area (Å²) in [5.41, 5.74) is -0.809. The van der Waals surface area contributed by atoms with Crippen molar-refractivity contribution >= 4 is 11.9 Å². The van der Waals surface area contributed by atoms with Crippen LogP contribution in [0, 0.1) is 6.92 Å². The van der Waals surface area contributed by atoms with E-state index in [1.807, 2.05) is 19.1 Å². The first-order chi connectivity index (χ1) is 11.9.